The molecule has 6 nitrogen and oxygen atoms in total. The summed E-state index contributed by atoms with van der Waals surface area (Å²) in [5, 5.41) is 2.44. The molecule has 2 rings (SSSR count). The summed E-state index contributed by atoms with van der Waals surface area (Å²) in [5.74, 6) is 0. The number of hydrogen-bond acceptors (Lipinski definition) is 3. The number of rotatable bonds is 1. The zero-order chi connectivity index (χ0) is 15.9. The second-order valence-electron chi connectivity index (χ2n) is 4.45. The summed E-state index contributed by atoms with van der Waals surface area (Å²) in [6, 6.07) is 0.716. The molecule has 2 aromatic rings. The average molecular weight is 301 g/mol. The maximum Gasteiger partial charge on any atom is 0.431 e. The van der Waals surface area contributed by atoms with Crippen molar-refractivity contribution < 1.29 is 13.2 Å². The van der Waals surface area contributed by atoms with E-state index in [0.29, 0.717) is 6.07 Å². The van der Waals surface area contributed by atoms with E-state index < -0.39 is 28.4 Å². The Morgan fingerprint density at radius 1 is 1.19 bits per heavy atom. The molecule has 2 aromatic heterocycles. The lowest BCUT2D eigenvalue weighted by atomic mass is 10.0. The molecule has 0 bridgehead atoms. The van der Waals surface area contributed by atoms with Crippen LogP contribution in [0, 0.1) is 6.92 Å². The SMILES string of the molecule is Cc1cc(C(F)(F)F)[nH]c(=O)c1-c1c[nH]n(C)c(=O)c1=O. The molecule has 0 aliphatic rings. The van der Waals surface area contributed by atoms with Crippen molar-refractivity contribution in [3.8, 4) is 11.1 Å². The van der Waals surface area contributed by atoms with Gasteiger partial charge in [0.25, 0.3) is 11.0 Å². The lowest BCUT2D eigenvalue weighted by molar-refractivity contribution is -0.141. The summed E-state index contributed by atoms with van der Waals surface area (Å²) in [7, 11) is 1.30. The smallest absolute Gasteiger partial charge is 0.318 e. The number of alkyl halides is 3. The highest BCUT2D eigenvalue weighted by Crippen LogP contribution is 2.28. The summed E-state index contributed by atoms with van der Waals surface area (Å²) in [6.45, 7) is 1.26. The predicted molar refractivity (Wildman–Crippen MR) is 68.1 cm³/mol. The zero-order valence-corrected chi connectivity index (χ0v) is 11.0. The van der Waals surface area contributed by atoms with E-state index in [-0.39, 0.29) is 16.7 Å². The third kappa shape index (κ3) is 2.54. The molecule has 0 radical (unpaired) electrons. The van der Waals surface area contributed by atoms with Crippen LogP contribution in [0.15, 0.2) is 26.6 Å². The largest absolute Gasteiger partial charge is 0.431 e. The summed E-state index contributed by atoms with van der Waals surface area (Å²) in [6.07, 6.45) is -3.60. The third-order valence-electron chi connectivity index (χ3n) is 2.95. The third-order valence-corrected chi connectivity index (χ3v) is 2.95. The predicted octanol–water partition coefficient (Wildman–Crippen LogP) is 0.756. The Morgan fingerprint density at radius 2 is 1.81 bits per heavy atom. The summed E-state index contributed by atoms with van der Waals surface area (Å²) >= 11 is 0. The van der Waals surface area contributed by atoms with E-state index in [0.717, 1.165) is 10.9 Å². The van der Waals surface area contributed by atoms with Gasteiger partial charge >= 0.3 is 11.7 Å². The molecule has 0 atom stereocenters. The highest BCUT2D eigenvalue weighted by Gasteiger charge is 2.33. The van der Waals surface area contributed by atoms with Gasteiger partial charge in [0.05, 0.1) is 11.1 Å². The molecule has 112 valence electrons. The van der Waals surface area contributed by atoms with Gasteiger partial charge in [-0.05, 0) is 18.6 Å². The van der Waals surface area contributed by atoms with E-state index in [9.17, 15) is 27.6 Å². The van der Waals surface area contributed by atoms with Crippen LogP contribution in [0.4, 0.5) is 13.2 Å². The van der Waals surface area contributed by atoms with E-state index in [1.807, 2.05) is 0 Å². The summed E-state index contributed by atoms with van der Waals surface area (Å²) in [4.78, 5) is 36.9. The molecule has 0 aromatic carbocycles. The molecular weight excluding hydrogens is 291 g/mol. The standard InChI is InChI=1S/C12H10F3N3O3/c1-5-3-7(12(13,14)15)17-10(20)8(5)6-4-16-18(2)11(21)9(6)19/h3-4,16H,1-2H3,(H,17,20). The first-order valence-electron chi connectivity index (χ1n) is 5.73. The Kier molecular flexibility index (Phi) is 3.36. The number of halogens is 3. The van der Waals surface area contributed by atoms with Crippen LogP contribution in [0.5, 0.6) is 0 Å². The maximum atomic E-state index is 12.6. The summed E-state index contributed by atoms with van der Waals surface area (Å²) < 4.78 is 38.7. The van der Waals surface area contributed by atoms with E-state index in [2.05, 4.69) is 5.10 Å². The molecule has 21 heavy (non-hydrogen) atoms. The van der Waals surface area contributed by atoms with E-state index in [1.165, 1.54) is 14.0 Å². The van der Waals surface area contributed by atoms with Gasteiger partial charge < -0.3 is 10.1 Å². The van der Waals surface area contributed by atoms with Gasteiger partial charge in [0.15, 0.2) is 0 Å². The molecule has 2 heterocycles. The molecule has 0 spiro atoms. The van der Waals surface area contributed by atoms with E-state index in [1.54, 1.807) is 4.98 Å². The van der Waals surface area contributed by atoms with Crippen LogP contribution in [-0.2, 0) is 13.2 Å². The molecule has 0 amide bonds. The lowest BCUT2D eigenvalue weighted by Crippen LogP contribution is -2.36. The van der Waals surface area contributed by atoms with Gasteiger partial charge in [0.1, 0.15) is 5.69 Å². The zero-order valence-electron chi connectivity index (χ0n) is 11.0. The fourth-order valence-electron chi connectivity index (χ4n) is 1.91. The van der Waals surface area contributed by atoms with Gasteiger partial charge in [-0.1, -0.05) is 0 Å². The molecule has 0 fully saturated rings. The normalized spacial score (nSPS) is 11.7. The average Bonchev–Trinajstić information content (AvgIpc) is 2.36. The van der Waals surface area contributed by atoms with Gasteiger partial charge in [0.2, 0.25) is 0 Å². The van der Waals surface area contributed by atoms with Crippen molar-refractivity contribution in [1.82, 2.24) is 14.8 Å². The van der Waals surface area contributed by atoms with E-state index >= 15 is 0 Å². The minimum Gasteiger partial charge on any atom is -0.318 e. The Labute approximate surface area is 114 Å². The minimum atomic E-state index is -4.71. The van der Waals surface area contributed by atoms with Crippen LogP contribution in [0.2, 0.25) is 0 Å². The Bertz CT molecular complexity index is 874. The second-order valence-corrected chi connectivity index (χ2v) is 4.45. The highest BCUT2D eigenvalue weighted by molar-refractivity contribution is 5.64. The van der Waals surface area contributed by atoms with Crippen LogP contribution < -0.4 is 16.5 Å². The summed E-state index contributed by atoms with van der Waals surface area (Å²) in [5.41, 5.74) is -4.76. The molecule has 0 saturated heterocycles. The topological polar surface area (TPSA) is 87.7 Å². The first-order chi connectivity index (χ1) is 9.62. The highest BCUT2D eigenvalue weighted by atomic mass is 19.4. The number of pyridine rings is 1. The fourth-order valence-corrected chi connectivity index (χ4v) is 1.91. The van der Waals surface area contributed by atoms with Gasteiger partial charge in [0, 0.05) is 13.2 Å². The van der Waals surface area contributed by atoms with Crippen molar-refractivity contribution in [3.05, 3.63) is 54.5 Å². The van der Waals surface area contributed by atoms with Gasteiger partial charge in [-0.3, -0.25) is 19.1 Å². The second kappa shape index (κ2) is 4.76. The van der Waals surface area contributed by atoms with Crippen molar-refractivity contribution in [3.63, 3.8) is 0 Å². The number of aryl methyl sites for hydroxylation is 2. The quantitative estimate of drug-likeness (QED) is 0.762. The first kappa shape index (κ1) is 14.8. The Balaban J connectivity index is 2.79. The van der Waals surface area contributed by atoms with Crippen LogP contribution in [0.3, 0.4) is 0 Å². The van der Waals surface area contributed by atoms with Crippen molar-refractivity contribution in [1.29, 1.82) is 0 Å². The van der Waals surface area contributed by atoms with Crippen molar-refractivity contribution in [2.45, 2.75) is 13.1 Å². The molecule has 0 unspecified atom stereocenters. The molecule has 0 saturated carbocycles. The van der Waals surface area contributed by atoms with Crippen LogP contribution in [-0.4, -0.2) is 14.8 Å². The Morgan fingerprint density at radius 3 is 2.33 bits per heavy atom. The fraction of sp³-hybridized carbons (Fsp3) is 0.250. The van der Waals surface area contributed by atoms with Crippen LogP contribution in [0.1, 0.15) is 11.3 Å². The van der Waals surface area contributed by atoms with Gasteiger partial charge in [-0.15, -0.1) is 0 Å². The number of hydrogen-bond donors (Lipinski definition) is 2. The van der Waals surface area contributed by atoms with E-state index in [4.69, 9.17) is 0 Å². The van der Waals surface area contributed by atoms with Crippen molar-refractivity contribution in [2.75, 3.05) is 0 Å². The molecule has 2 N–H and O–H groups in total. The molecule has 9 heteroatoms. The van der Waals surface area contributed by atoms with Crippen molar-refractivity contribution >= 4 is 0 Å². The number of aromatic nitrogens is 3. The monoisotopic (exact) mass is 301 g/mol. The Hall–Kier alpha value is -2.58. The maximum absolute atomic E-state index is 12.6. The molecular formula is C12H10F3N3O3. The van der Waals surface area contributed by atoms with Gasteiger partial charge in [-0.25, -0.2) is 0 Å². The molecule has 0 aliphatic carbocycles. The van der Waals surface area contributed by atoms with Crippen molar-refractivity contribution in [2.24, 2.45) is 7.05 Å². The van der Waals surface area contributed by atoms with Crippen LogP contribution >= 0.6 is 0 Å². The number of aromatic amines is 2. The van der Waals surface area contributed by atoms with Gasteiger partial charge in [-0.2, -0.15) is 13.2 Å². The lowest BCUT2D eigenvalue weighted by Gasteiger charge is -2.10. The number of H-pyrrole nitrogens is 2. The molecule has 0 aliphatic heterocycles. The minimum absolute atomic E-state index is 0.0511. The number of nitrogens with one attached hydrogen (secondary N) is 2. The number of nitrogens with zero attached hydrogens (tertiary/aromatic N) is 1. The van der Waals surface area contributed by atoms with Crippen LogP contribution in [0.25, 0.3) is 11.1 Å². The first-order valence-corrected chi connectivity index (χ1v) is 5.73.